The van der Waals surface area contributed by atoms with Crippen molar-refractivity contribution in [1.29, 1.82) is 0 Å². The summed E-state index contributed by atoms with van der Waals surface area (Å²) in [7, 11) is 0. The van der Waals surface area contributed by atoms with Gasteiger partial charge < -0.3 is 5.32 Å². The standard InChI is InChI=1S/C17H23N3/c1-4-5-15-11-17-18-9-8-16(20(17)19-15)14-7-6-12(2)13(3)10-14/h6-7,10-11,16,18H,4-5,8-9H2,1-3H3. The monoisotopic (exact) mass is 269 g/mol. The Morgan fingerprint density at radius 3 is 2.85 bits per heavy atom. The van der Waals surface area contributed by atoms with Crippen molar-refractivity contribution in [1.82, 2.24) is 9.78 Å². The molecule has 0 fully saturated rings. The lowest BCUT2D eigenvalue weighted by atomic mass is 9.98. The van der Waals surface area contributed by atoms with E-state index in [4.69, 9.17) is 5.10 Å². The summed E-state index contributed by atoms with van der Waals surface area (Å²) >= 11 is 0. The number of anilines is 1. The summed E-state index contributed by atoms with van der Waals surface area (Å²) in [6, 6.07) is 9.37. The lowest BCUT2D eigenvalue weighted by Gasteiger charge is -2.26. The van der Waals surface area contributed by atoms with Gasteiger partial charge in [0.15, 0.2) is 0 Å². The smallest absolute Gasteiger partial charge is 0.125 e. The summed E-state index contributed by atoms with van der Waals surface area (Å²) in [6.45, 7) is 7.58. The number of benzene rings is 1. The van der Waals surface area contributed by atoms with E-state index in [1.165, 1.54) is 28.2 Å². The van der Waals surface area contributed by atoms with E-state index in [1.807, 2.05) is 0 Å². The predicted octanol–water partition coefficient (Wildman–Crippen LogP) is 3.86. The first kappa shape index (κ1) is 13.2. The fourth-order valence-electron chi connectivity index (χ4n) is 2.93. The molecule has 1 aliphatic rings. The Balaban J connectivity index is 1.98. The summed E-state index contributed by atoms with van der Waals surface area (Å²) in [5, 5.41) is 8.27. The van der Waals surface area contributed by atoms with Gasteiger partial charge in [0.25, 0.3) is 0 Å². The molecule has 0 aliphatic carbocycles. The third-order valence-corrected chi connectivity index (χ3v) is 4.23. The SMILES string of the molecule is CCCc1cc2n(n1)C(c1ccc(C)c(C)c1)CCN2. The largest absolute Gasteiger partial charge is 0.370 e. The zero-order valence-electron chi connectivity index (χ0n) is 12.6. The third-order valence-electron chi connectivity index (χ3n) is 4.23. The van der Waals surface area contributed by atoms with Crippen LogP contribution in [0.5, 0.6) is 0 Å². The lowest BCUT2D eigenvalue weighted by Crippen LogP contribution is -2.24. The van der Waals surface area contributed by atoms with E-state index in [2.05, 4.69) is 55.0 Å². The van der Waals surface area contributed by atoms with Gasteiger partial charge >= 0.3 is 0 Å². The highest BCUT2D eigenvalue weighted by atomic mass is 15.4. The van der Waals surface area contributed by atoms with Gasteiger partial charge in [0.1, 0.15) is 5.82 Å². The molecule has 0 bridgehead atoms. The number of aromatic nitrogens is 2. The Morgan fingerprint density at radius 1 is 1.25 bits per heavy atom. The number of rotatable bonds is 3. The van der Waals surface area contributed by atoms with Crippen molar-refractivity contribution >= 4 is 5.82 Å². The van der Waals surface area contributed by atoms with E-state index in [0.29, 0.717) is 6.04 Å². The number of hydrogen-bond acceptors (Lipinski definition) is 2. The zero-order chi connectivity index (χ0) is 14.1. The average Bonchev–Trinajstić information content (AvgIpc) is 2.84. The second kappa shape index (κ2) is 5.31. The maximum absolute atomic E-state index is 4.80. The second-order valence-corrected chi connectivity index (χ2v) is 5.79. The van der Waals surface area contributed by atoms with Gasteiger partial charge in [0.2, 0.25) is 0 Å². The fraction of sp³-hybridized carbons (Fsp3) is 0.471. The molecule has 0 radical (unpaired) electrons. The Morgan fingerprint density at radius 2 is 2.10 bits per heavy atom. The van der Waals surface area contributed by atoms with Crippen LogP contribution in [-0.2, 0) is 6.42 Å². The van der Waals surface area contributed by atoms with Crippen LogP contribution < -0.4 is 5.32 Å². The van der Waals surface area contributed by atoms with Crippen LogP contribution in [0.15, 0.2) is 24.3 Å². The minimum Gasteiger partial charge on any atom is -0.370 e. The van der Waals surface area contributed by atoms with Crippen molar-refractivity contribution in [2.24, 2.45) is 0 Å². The number of fused-ring (bicyclic) bond motifs is 1. The van der Waals surface area contributed by atoms with Crippen molar-refractivity contribution in [2.75, 3.05) is 11.9 Å². The van der Waals surface area contributed by atoms with E-state index < -0.39 is 0 Å². The number of nitrogens with one attached hydrogen (secondary N) is 1. The third kappa shape index (κ3) is 2.33. The van der Waals surface area contributed by atoms with Crippen LogP contribution in [0.2, 0.25) is 0 Å². The fourth-order valence-corrected chi connectivity index (χ4v) is 2.93. The number of hydrogen-bond donors (Lipinski definition) is 1. The molecule has 1 atom stereocenters. The Labute approximate surface area is 121 Å². The molecule has 3 nitrogen and oxygen atoms in total. The first-order valence-electron chi connectivity index (χ1n) is 7.58. The predicted molar refractivity (Wildman–Crippen MR) is 83.4 cm³/mol. The normalized spacial score (nSPS) is 17.6. The highest BCUT2D eigenvalue weighted by Gasteiger charge is 2.23. The van der Waals surface area contributed by atoms with Crippen molar-refractivity contribution < 1.29 is 0 Å². The second-order valence-electron chi connectivity index (χ2n) is 5.79. The molecule has 20 heavy (non-hydrogen) atoms. The molecule has 2 aromatic rings. The van der Waals surface area contributed by atoms with Crippen molar-refractivity contribution in [2.45, 2.75) is 46.1 Å². The molecule has 1 aromatic heterocycles. The molecule has 1 aromatic carbocycles. The zero-order valence-corrected chi connectivity index (χ0v) is 12.6. The lowest BCUT2D eigenvalue weighted by molar-refractivity contribution is 0.477. The topological polar surface area (TPSA) is 29.9 Å². The number of aryl methyl sites for hydroxylation is 3. The molecule has 0 saturated carbocycles. The average molecular weight is 269 g/mol. The molecule has 1 N–H and O–H groups in total. The van der Waals surface area contributed by atoms with Gasteiger partial charge in [0, 0.05) is 12.6 Å². The minimum atomic E-state index is 0.371. The molecule has 106 valence electrons. The summed E-state index contributed by atoms with van der Waals surface area (Å²) in [5.41, 5.74) is 5.30. The summed E-state index contributed by atoms with van der Waals surface area (Å²) in [5.74, 6) is 1.17. The van der Waals surface area contributed by atoms with Gasteiger partial charge in [-0.15, -0.1) is 0 Å². The van der Waals surface area contributed by atoms with E-state index >= 15 is 0 Å². The highest BCUT2D eigenvalue weighted by Crippen LogP contribution is 2.31. The molecule has 0 saturated heterocycles. The highest BCUT2D eigenvalue weighted by molar-refractivity contribution is 5.42. The first-order valence-corrected chi connectivity index (χ1v) is 7.58. The number of nitrogens with zero attached hydrogens (tertiary/aromatic N) is 2. The maximum Gasteiger partial charge on any atom is 0.125 e. The van der Waals surface area contributed by atoms with Gasteiger partial charge in [-0.3, -0.25) is 0 Å². The molecule has 3 heteroatoms. The van der Waals surface area contributed by atoms with Crippen LogP contribution in [0.3, 0.4) is 0 Å². The van der Waals surface area contributed by atoms with Crippen molar-refractivity contribution in [3.05, 3.63) is 46.6 Å². The van der Waals surface area contributed by atoms with Gasteiger partial charge in [0.05, 0.1) is 11.7 Å². The van der Waals surface area contributed by atoms with Crippen molar-refractivity contribution in [3.63, 3.8) is 0 Å². The molecule has 0 spiro atoms. The van der Waals surface area contributed by atoms with Gasteiger partial charge in [-0.2, -0.15) is 5.10 Å². The van der Waals surface area contributed by atoms with Crippen LogP contribution in [0, 0.1) is 13.8 Å². The van der Waals surface area contributed by atoms with Crippen molar-refractivity contribution in [3.8, 4) is 0 Å². The Bertz CT molecular complexity index is 613. The van der Waals surface area contributed by atoms with Crippen LogP contribution in [0.25, 0.3) is 0 Å². The Hall–Kier alpha value is -1.77. The van der Waals surface area contributed by atoms with E-state index in [1.54, 1.807) is 0 Å². The molecule has 3 rings (SSSR count). The van der Waals surface area contributed by atoms with Crippen LogP contribution in [0.4, 0.5) is 5.82 Å². The van der Waals surface area contributed by atoms with Gasteiger partial charge in [-0.05, 0) is 43.4 Å². The van der Waals surface area contributed by atoms with Crippen LogP contribution in [-0.4, -0.2) is 16.3 Å². The molecule has 2 heterocycles. The molecule has 1 unspecified atom stereocenters. The summed E-state index contributed by atoms with van der Waals surface area (Å²) in [4.78, 5) is 0. The van der Waals surface area contributed by atoms with Crippen LogP contribution >= 0.6 is 0 Å². The first-order chi connectivity index (χ1) is 9.69. The molecular formula is C17H23N3. The summed E-state index contributed by atoms with van der Waals surface area (Å²) in [6.07, 6.45) is 3.30. The van der Waals surface area contributed by atoms with E-state index in [0.717, 1.165) is 25.8 Å². The van der Waals surface area contributed by atoms with Gasteiger partial charge in [-0.25, -0.2) is 4.68 Å². The van der Waals surface area contributed by atoms with Crippen LogP contribution in [0.1, 0.15) is 48.2 Å². The van der Waals surface area contributed by atoms with Gasteiger partial charge in [-0.1, -0.05) is 31.5 Å². The van der Waals surface area contributed by atoms with E-state index in [9.17, 15) is 0 Å². The van der Waals surface area contributed by atoms with E-state index in [-0.39, 0.29) is 0 Å². The summed E-state index contributed by atoms with van der Waals surface area (Å²) < 4.78 is 2.18. The molecule has 1 aliphatic heterocycles. The molecular weight excluding hydrogens is 246 g/mol. The quantitative estimate of drug-likeness (QED) is 0.917. The maximum atomic E-state index is 4.80. The Kier molecular flexibility index (Phi) is 3.51. The minimum absolute atomic E-state index is 0.371. The molecule has 0 amide bonds.